The number of hydrogen-bond acceptors (Lipinski definition) is 5. The molecule has 1 heterocycles. The molecule has 0 bridgehead atoms. The lowest BCUT2D eigenvalue weighted by Gasteiger charge is -2.16. The predicted molar refractivity (Wildman–Crippen MR) is 124 cm³/mol. The second-order valence-corrected chi connectivity index (χ2v) is 8.27. The van der Waals surface area contributed by atoms with Gasteiger partial charge in [0.25, 0.3) is 0 Å². The number of carbonyl (C=O) groups is 1. The van der Waals surface area contributed by atoms with Gasteiger partial charge in [0.15, 0.2) is 17.1 Å². The monoisotopic (exact) mass is 438 g/mol. The van der Waals surface area contributed by atoms with Gasteiger partial charge in [-0.15, -0.1) is 10.2 Å². The summed E-state index contributed by atoms with van der Waals surface area (Å²) in [5.41, 5.74) is 2.35. The van der Waals surface area contributed by atoms with Crippen LogP contribution >= 0.6 is 11.8 Å². The van der Waals surface area contributed by atoms with Crippen LogP contribution in [0.3, 0.4) is 0 Å². The molecule has 1 N–H and O–H groups in total. The Bertz CT molecular complexity index is 973. The van der Waals surface area contributed by atoms with Crippen LogP contribution < -0.4 is 10.1 Å². The molecule has 3 rings (SSSR count). The standard InChI is InChI=1S/C24H30N4O2S/c1-5-19-12-14-21(15-13-19)30-18(4)23-26-27-24(28(23)6-2)31-16-22(29)25-17(3)20-10-8-7-9-11-20/h7-15,17-18H,5-6,16H2,1-4H3,(H,25,29)/t17-,18+/m0/s1. The summed E-state index contributed by atoms with van der Waals surface area (Å²) in [6, 6.07) is 18.0. The maximum atomic E-state index is 12.4. The number of aromatic nitrogens is 3. The summed E-state index contributed by atoms with van der Waals surface area (Å²) in [5.74, 6) is 1.80. The summed E-state index contributed by atoms with van der Waals surface area (Å²) in [5, 5.41) is 12.4. The number of carbonyl (C=O) groups excluding carboxylic acids is 1. The Morgan fingerprint density at radius 3 is 2.42 bits per heavy atom. The van der Waals surface area contributed by atoms with Crippen LogP contribution in [-0.4, -0.2) is 26.4 Å². The minimum Gasteiger partial charge on any atom is -0.483 e. The van der Waals surface area contributed by atoms with E-state index < -0.39 is 0 Å². The molecule has 7 heteroatoms. The van der Waals surface area contributed by atoms with Crippen molar-refractivity contribution in [2.75, 3.05) is 5.75 Å². The number of aryl methyl sites for hydroxylation is 1. The SMILES string of the molecule is CCc1ccc(O[C@H](C)c2nnc(SCC(=O)N[C@@H](C)c3ccccc3)n2CC)cc1. The molecule has 2 aromatic carbocycles. The number of nitrogens with zero attached hydrogens (tertiary/aromatic N) is 3. The Morgan fingerprint density at radius 2 is 1.77 bits per heavy atom. The lowest BCUT2D eigenvalue weighted by atomic mass is 10.1. The molecule has 0 aliphatic heterocycles. The lowest BCUT2D eigenvalue weighted by molar-refractivity contribution is -0.119. The maximum absolute atomic E-state index is 12.4. The van der Waals surface area contributed by atoms with Gasteiger partial charge in [0, 0.05) is 6.54 Å². The molecule has 0 radical (unpaired) electrons. The van der Waals surface area contributed by atoms with Crippen LogP contribution in [0.5, 0.6) is 5.75 Å². The minimum absolute atomic E-state index is 0.0335. The number of amides is 1. The number of hydrogen-bond donors (Lipinski definition) is 1. The first kappa shape index (κ1) is 22.9. The van der Waals surface area contributed by atoms with E-state index in [0.717, 1.165) is 28.7 Å². The highest BCUT2D eigenvalue weighted by Gasteiger charge is 2.20. The van der Waals surface area contributed by atoms with E-state index in [1.807, 2.05) is 67.8 Å². The number of nitrogens with one attached hydrogen (secondary N) is 1. The van der Waals surface area contributed by atoms with Crippen molar-refractivity contribution in [1.29, 1.82) is 0 Å². The molecule has 6 nitrogen and oxygen atoms in total. The number of thioether (sulfide) groups is 1. The highest BCUT2D eigenvalue weighted by atomic mass is 32.2. The van der Waals surface area contributed by atoms with Crippen LogP contribution in [-0.2, 0) is 17.8 Å². The fourth-order valence-electron chi connectivity index (χ4n) is 3.30. The molecule has 0 fully saturated rings. The summed E-state index contributed by atoms with van der Waals surface area (Å²) in [7, 11) is 0. The smallest absolute Gasteiger partial charge is 0.230 e. The molecule has 0 aliphatic carbocycles. The second kappa shape index (κ2) is 11.0. The first-order chi connectivity index (χ1) is 15.0. The largest absolute Gasteiger partial charge is 0.483 e. The normalized spacial score (nSPS) is 12.9. The van der Waals surface area contributed by atoms with Crippen molar-refractivity contribution < 1.29 is 9.53 Å². The van der Waals surface area contributed by atoms with Gasteiger partial charge < -0.3 is 14.6 Å². The highest BCUT2D eigenvalue weighted by molar-refractivity contribution is 7.99. The van der Waals surface area contributed by atoms with Crippen LogP contribution in [0.1, 0.15) is 56.8 Å². The van der Waals surface area contributed by atoms with Crippen LogP contribution in [0.15, 0.2) is 59.8 Å². The van der Waals surface area contributed by atoms with Crippen molar-refractivity contribution in [3.63, 3.8) is 0 Å². The molecule has 2 atom stereocenters. The van der Waals surface area contributed by atoms with Crippen LogP contribution in [0.4, 0.5) is 0 Å². The number of rotatable bonds is 10. The van der Waals surface area contributed by atoms with Crippen LogP contribution in [0.25, 0.3) is 0 Å². The summed E-state index contributed by atoms with van der Waals surface area (Å²) in [6.07, 6.45) is 0.749. The third-order valence-electron chi connectivity index (χ3n) is 5.08. The van der Waals surface area contributed by atoms with Crippen LogP contribution in [0, 0.1) is 0 Å². The molecule has 3 aromatic rings. The average molecular weight is 439 g/mol. The van der Waals surface area contributed by atoms with Crippen molar-refractivity contribution in [2.45, 2.75) is 58.0 Å². The van der Waals surface area contributed by atoms with Gasteiger partial charge in [-0.2, -0.15) is 0 Å². The van der Waals surface area contributed by atoms with Crippen LogP contribution in [0.2, 0.25) is 0 Å². The first-order valence-electron chi connectivity index (χ1n) is 10.7. The van der Waals surface area contributed by atoms with E-state index in [0.29, 0.717) is 6.54 Å². The van der Waals surface area contributed by atoms with E-state index in [-0.39, 0.29) is 23.8 Å². The Labute approximate surface area is 188 Å². The van der Waals surface area contributed by atoms with Crippen molar-refractivity contribution in [1.82, 2.24) is 20.1 Å². The van der Waals surface area contributed by atoms with E-state index in [4.69, 9.17) is 4.74 Å². The molecule has 1 amide bonds. The number of ether oxygens (including phenoxy) is 1. The molecule has 0 saturated heterocycles. The zero-order valence-corrected chi connectivity index (χ0v) is 19.4. The van der Waals surface area contributed by atoms with E-state index in [1.165, 1.54) is 17.3 Å². The molecule has 31 heavy (non-hydrogen) atoms. The molecular weight excluding hydrogens is 408 g/mol. The van der Waals surface area contributed by atoms with Gasteiger partial charge in [0.2, 0.25) is 5.91 Å². The molecular formula is C24H30N4O2S. The van der Waals surface area contributed by atoms with Gasteiger partial charge in [-0.25, -0.2) is 0 Å². The maximum Gasteiger partial charge on any atom is 0.230 e. The fraction of sp³-hybridized carbons (Fsp3) is 0.375. The molecule has 0 aliphatic rings. The Balaban J connectivity index is 1.59. The molecule has 164 valence electrons. The van der Waals surface area contributed by atoms with Crippen molar-refractivity contribution in [3.8, 4) is 5.75 Å². The van der Waals surface area contributed by atoms with Crippen molar-refractivity contribution >= 4 is 17.7 Å². The fourth-order valence-corrected chi connectivity index (χ4v) is 4.12. The van der Waals surface area contributed by atoms with E-state index in [9.17, 15) is 4.79 Å². The highest BCUT2D eigenvalue weighted by Crippen LogP contribution is 2.25. The molecule has 1 aromatic heterocycles. The van der Waals surface area contributed by atoms with Gasteiger partial charge in [-0.3, -0.25) is 4.79 Å². The van der Waals surface area contributed by atoms with Gasteiger partial charge in [-0.1, -0.05) is 61.2 Å². The lowest BCUT2D eigenvalue weighted by Crippen LogP contribution is -2.28. The van der Waals surface area contributed by atoms with E-state index >= 15 is 0 Å². The van der Waals surface area contributed by atoms with Crippen molar-refractivity contribution in [2.24, 2.45) is 0 Å². The van der Waals surface area contributed by atoms with Gasteiger partial charge >= 0.3 is 0 Å². The van der Waals surface area contributed by atoms with Gasteiger partial charge in [0.05, 0.1) is 11.8 Å². The Morgan fingerprint density at radius 1 is 1.06 bits per heavy atom. The summed E-state index contributed by atoms with van der Waals surface area (Å²) in [4.78, 5) is 12.4. The molecule has 0 saturated carbocycles. The summed E-state index contributed by atoms with van der Waals surface area (Å²) in [6.45, 7) is 8.82. The third-order valence-corrected chi connectivity index (χ3v) is 6.05. The van der Waals surface area contributed by atoms with Gasteiger partial charge in [-0.05, 0) is 50.5 Å². The zero-order valence-electron chi connectivity index (χ0n) is 18.5. The van der Waals surface area contributed by atoms with E-state index in [2.05, 4.69) is 34.6 Å². The average Bonchev–Trinajstić information content (AvgIpc) is 3.22. The number of benzene rings is 2. The third kappa shape index (κ3) is 6.10. The predicted octanol–water partition coefficient (Wildman–Crippen LogP) is 4.97. The zero-order chi connectivity index (χ0) is 22.2. The Hall–Kier alpha value is -2.80. The van der Waals surface area contributed by atoms with Gasteiger partial charge in [0.1, 0.15) is 5.75 Å². The second-order valence-electron chi connectivity index (χ2n) is 7.33. The molecule has 0 spiro atoms. The minimum atomic E-state index is -0.249. The summed E-state index contributed by atoms with van der Waals surface area (Å²) >= 11 is 1.39. The Kier molecular flexibility index (Phi) is 8.12. The topological polar surface area (TPSA) is 69.0 Å². The summed E-state index contributed by atoms with van der Waals surface area (Å²) < 4.78 is 8.07. The van der Waals surface area contributed by atoms with E-state index in [1.54, 1.807) is 0 Å². The van der Waals surface area contributed by atoms with Crippen molar-refractivity contribution in [3.05, 3.63) is 71.5 Å². The molecule has 0 unspecified atom stereocenters. The first-order valence-corrected chi connectivity index (χ1v) is 11.7. The quantitative estimate of drug-likeness (QED) is 0.453.